The molecule has 0 radical (unpaired) electrons. The van der Waals surface area contributed by atoms with Crippen molar-refractivity contribution in [3.63, 3.8) is 0 Å². The highest BCUT2D eigenvalue weighted by molar-refractivity contribution is 5.51. The third kappa shape index (κ3) is 2.89. The van der Waals surface area contributed by atoms with Gasteiger partial charge in [-0.15, -0.1) is 0 Å². The minimum absolute atomic E-state index is 0.765. The molecule has 0 aromatic heterocycles. The van der Waals surface area contributed by atoms with Gasteiger partial charge in [-0.3, -0.25) is 0 Å². The van der Waals surface area contributed by atoms with Gasteiger partial charge in [-0.05, 0) is 57.1 Å². The summed E-state index contributed by atoms with van der Waals surface area (Å²) in [5, 5.41) is 3.44. The minimum Gasteiger partial charge on any atom is -0.399 e. The van der Waals surface area contributed by atoms with Gasteiger partial charge < -0.3 is 16.0 Å². The quantitative estimate of drug-likeness (QED) is 0.763. The lowest BCUT2D eigenvalue weighted by molar-refractivity contribution is 0.301. The monoisotopic (exact) mass is 219 g/mol. The van der Waals surface area contributed by atoms with E-state index in [-0.39, 0.29) is 0 Å². The maximum Gasteiger partial charge on any atom is 0.0341 e. The van der Waals surface area contributed by atoms with E-state index in [0.29, 0.717) is 0 Å². The van der Waals surface area contributed by atoms with E-state index in [0.717, 1.165) is 24.0 Å². The van der Waals surface area contributed by atoms with Gasteiger partial charge in [-0.25, -0.2) is 0 Å². The second-order valence-electron chi connectivity index (χ2n) is 4.61. The molecule has 3 nitrogen and oxygen atoms in total. The standard InChI is InChI=1S/C13H21N3/c1-16-10-2-3-13(16)8-9-15-12-6-4-11(14)5-7-12/h4-7,13,15H,2-3,8-10,14H2,1H3/t13-/m0/s1. The Morgan fingerprint density at radius 2 is 2.12 bits per heavy atom. The fraction of sp³-hybridized carbons (Fsp3) is 0.538. The number of hydrogen-bond acceptors (Lipinski definition) is 3. The Kier molecular flexibility index (Phi) is 3.67. The van der Waals surface area contributed by atoms with E-state index in [1.54, 1.807) is 0 Å². The van der Waals surface area contributed by atoms with Crippen molar-refractivity contribution in [2.24, 2.45) is 0 Å². The van der Waals surface area contributed by atoms with E-state index in [1.807, 2.05) is 24.3 Å². The van der Waals surface area contributed by atoms with Gasteiger partial charge in [0.25, 0.3) is 0 Å². The largest absolute Gasteiger partial charge is 0.399 e. The van der Waals surface area contributed by atoms with Crippen molar-refractivity contribution >= 4 is 11.4 Å². The Morgan fingerprint density at radius 1 is 1.38 bits per heavy atom. The molecule has 16 heavy (non-hydrogen) atoms. The summed E-state index contributed by atoms with van der Waals surface area (Å²) < 4.78 is 0. The van der Waals surface area contributed by atoms with Crippen molar-refractivity contribution in [2.45, 2.75) is 25.3 Å². The zero-order valence-corrected chi connectivity index (χ0v) is 9.95. The van der Waals surface area contributed by atoms with Gasteiger partial charge in [0.2, 0.25) is 0 Å². The number of anilines is 2. The fourth-order valence-electron chi connectivity index (χ4n) is 2.33. The normalized spacial score (nSPS) is 21.2. The van der Waals surface area contributed by atoms with Crippen LogP contribution in [-0.2, 0) is 0 Å². The molecular formula is C13H21N3. The number of nitrogens with one attached hydrogen (secondary N) is 1. The van der Waals surface area contributed by atoms with Crippen molar-refractivity contribution in [1.82, 2.24) is 4.90 Å². The van der Waals surface area contributed by atoms with Gasteiger partial charge in [0, 0.05) is 24.0 Å². The van der Waals surface area contributed by atoms with Crippen LogP contribution in [0.5, 0.6) is 0 Å². The molecule has 0 aliphatic carbocycles. The van der Waals surface area contributed by atoms with Crippen LogP contribution in [0.1, 0.15) is 19.3 Å². The molecule has 1 aromatic carbocycles. The van der Waals surface area contributed by atoms with Crippen molar-refractivity contribution < 1.29 is 0 Å². The van der Waals surface area contributed by atoms with E-state index in [9.17, 15) is 0 Å². The summed E-state index contributed by atoms with van der Waals surface area (Å²) in [5.41, 5.74) is 7.62. The average Bonchev–Trinajstić information content (AvgIpc) is 2.68. The van der Waals surface area contributed by atoms with E-state index >= 15 is 0 Å². The fourth-order valence-corrected chi connectivity index (χ4v) is 2.33. The molecule has 3 heteroatoms. The smallest absolute Gasteiger partial charge is 0.0341 e. The third-order valence-electron chi connectivity index (χ3n) is 3.39. The molecule has 3 N–H and O–H groups in total. The Labute approximate surface area is 97.6 Å². The maximum absolute atomic E-state index is 5.64. The van der Waals surface area contributed by atoms with Crippen molar-refractivity contribution in [3.05, 3.63) is 24.3 Å². The first-order chi connectivity index (χ1) is 7.75. The number of nitrogen functional groups attached to an aromatic ring is 1. The molecule has 1 atom stereocenters. The molecule has 88 valence electrons. The van der Waals surface area contributed by atoms with Crippen LogP contribution in [0.25, 0.3) is 0 Å². The predicted molar refractivity (Wildman–Crippen MR) is 69.6 cm³/mol. The molecule has 0 bridgehead atoms. The predicted octanol–water partition coefficient (Wildman–Crippen LogP) is 2.17. The van der Waals surface area contributed by atoms with Crippen LogP contribution in [0.2, 0.25) is 0 Å². The van der Waals surface area contributed by atoms with Crippen LogP contribution in [0.15, 0.2) is 24.3 Å². The van der Waals surface area contributed by atoms with E-state index in [1.165, 1.54) is 25.8 Å². The Bertz CT molecular complexity index is 320. The molecule has 0 amide bonds. The van der Waals surface area contributed by atoms with Crippen LogP contribution in [-0.4, -0.2) is 31.1 Å². The topological polar surface area (TPSA) is 41.3 Å². The summed E-state index contributed by atoms with van der Waals surface area (Å²) in [5.74, 6) is 0. The molecule has 1 aromatic rings. The van der Waals surface area contributed by atoms with Crippen LogP contribution in [0.3, 0.4) is 0 Å². The van der Waals surface area contributed by atoms with Gasteiger partial charge >= 0.3 is 0 Å². The van der Waals surface area contributed by atoms with Crippen LogP contribution >= 0.6 is 0 Å². The highest BCUT2D eigenvalue weighted by Gasteiger charge is 2.19. The number of hydrogen-bond donors (Lipinski definition) is 2. The second kappa shape index (κ2) is 5.21. The van der Waals surface area contributed by atoms with Gasteiger partial charge in [0.15, 0.2) is 0 Å². The first-order valence-corrected chi connectivity index (χ1v) is 6.05. The Balaban J connectivity index is 1.73. The second-order valence-corrected chi connectivity index (χ2v) is 4.61. The molecule has 2 rings (SSSR count). The summed E-state index contributed by atoms with van der Waals surface area (Å²) in [6, 6.07) is 8.71. The third-order valence-corrected chi connectivity index (χ3v) is 3.39. The van der Waals surface area contributed by atoms with Gasteiger partial charge in [0.05, 0.1) is 0 Å². The highest BCUT2D eigenvalue weighted by atomic mass is 15.1. The lowest BCUT2D eigenvalue weighted by Crippen LogP contribution is -2.26. The lowest BCUT2D eigenvalue weighted by Gasteiger charge is -2.19. The number of likely N-dealkylation sites (tertiary alicyclic amines) is 1. The molecule has 1 fully saturated rings. The lowest BCUT2D eigenvalue weighted by atomic mass is 10.1. The number of rotatable bonds is 4. The van der Waals surface area contributed by atoms with E-state index in [4.69, 9.17) is 5.73 Å². The van der Waals surface area contributed by atoms with Crippen LogP contribution in [0, 0.1) is 0 Å². The van der Waals surface area contributed by atoms with Crippen LogP contribution < -0.4 is 11.1 Å². The van der Waals surface area contributed by atoms with Crippen LogP contribution in [0.4, 0.5) is 11.4 Å². The molecule has 0 spiro atoms. The van der Waals surface area contributed by atoms with Gasteiger partial charge in [0.1, 0.15) is 0 Å². The van der Waals surface area contributed by atoms with Crippen molar-refractivity contribution in [3.8, 4) is 0 Å². The summed E-state index contributed by atoms with van der Waals surface area (Å²) in [4.78, 5) is 2.46. The molecule has 0 saturated carbocycles. The summed E-state index contributed by atoms with van der Waals surface area (Å²) >= 11 is 0. The van der Waals surface area contributed by atoms with Gasteiger partial charge in [-0.2, -0.15) is 0 Å². The first-order valence-electron chi connectivity index (χ1n) is 6.05. The maximum atomic E-state index is 5.64. The number of benzene rings is 1. The molecule has 0 unspecified atom stereocenters. The summed E-state index contributed by atoms with van der Waals surface area (Å²) in [6.45, 7) is 2.30. The molecular weight excluding hydrogens is 198 g/mol. The van der Waals surface area contributed by atoms with E-state index in [2.05, 4.69) is 17.3 Å². The Hall–Kier alpha value is -1.22. The summed E-state index contributed by atoms with van der Waals surface area (Å²) in [7, 11) is 2.22. The molecule has 1 heterocycles. The number of nitrogens with zero attached hydrogens (tertiary/aromatic N) is 1. The first kappa shape index (κ1) is 11.3. The zero-order chi connectivity index (χ0) is 11.4. The van der Waals surface area contributed by atoms with Crippen molar-refractivity contribution in [2.75, 3.05) is 31.2 Å². The zero-order valence-electron chi connectivity index (χ0n) is 9.95. The molecule has 1 aliphatic heterocycles. The highest BCUT2D eigenvalue weighted by Crippen LogP contribution is 2.18. The molecule has 1 saturated heterocycles. The Morgan fingerprint density at radius 3 is 2.75 bits per heavy atom. The summed E-state index contributed by atoms with van der Waals surface area (Å²) in [6.07, 6.45) is 3.92. The minimum atomic E-state index is 0.765. The van der Waals surface area contributed by atoms with Crippen molar-refractivity contribution in [1.29, 1.82) is 0 Å². The average molecular weight is 219 g/mol. The molecule has 1 aliphatic rings. The van der Waals surface area contributed by atoms with E-state index < -0.39 is 0 Å². The SMILES string of the molecule is CN1CCC[C@H]1CCNc1ccc(N)cc1. The van der Waals surface area contributed by atoms with Gasteiger partial charge in [-0.1, -0.05) is 0 Å². The number of nitrogens with two attached hydrogens (primary N) is 1.